The van der Waals surface area contributed by atoms with Crippen LogP contribution in [0.25, 0.3) is 0 Å². The van der Waals surface area contributed by atoms with Crippen molar-refractivity contribution in [3.05, 3.63) is 0 Å². The van der Waals surface area contributed by atoms with Gasteiger partial charge in [0.05, 0.1) is 0 Å². The first kappa shape index (κ1) is 15.4. The van der Waals surface area contributed by atoms with Crippen LogP contribution in [-0.2, 0) is 9.53 Å². The highest BCUT2D eigenvalue weighted by Crippen LogP contribution is 2.19. The SMILES string of the molecule is CC.CNC1CCC(NC(=O)C2CNC(C)O2)C1. The van der Waals surface area contributed by atoms with E-state index in [4.69, 9.17) is 4.74 Å². The zero-order chi connectivity index (χ0) is 13.5. The summed E-state index contributed by atoms with van der Waals surface area (Å²) in [7, 11) is 1.97. The minimum absolute atomic E-state index is 0.00983. The standard InChI is InChI=1S/C11H21N3O2.C2H6/c1-7-13-6-10(16-7)11(15)14-9-4-3-8(5-9)12-2;1-2/h7-10,12-13H,3-6H2,1-2H3,(H,14,15);1-2H3. The Bertz CT molecular complexity index is 261. The first-order valence-corrected chi connectivity index (χ1v) is 7.05. The molecule has 5 heteroatoms. The van der Waals surface area contributed by atoms with Gasteiger partial charge in [0, 0.05) is 18.6 Å². The monoisotopic (exact) mass is 257 g/mol. The molecular weight excluding hydrogens is 230 g/mol. The molecule has 0 aromatic heterocycles. The largest absolute Gasteiger partial charge is 0.351 e. The third-order valence-corrected chi connectivity index (χ3v) is 3.44. The Labute approximate surface area is 110 Å². The molecule has 5 nitrogen and oxygen atoms in total. The highest BCUT2D eigenvalue weighted by Gasteiger charge is 2.31. The molecule has 2 aliphatic rings. The van der Waals surface area contributed by atoms with Crippen LogP contribution in [0.15, 0.2) is 0 Å². The molecule has 106 valence electrons. The van der Waals surface area contributed by atoms with Gasteiger partial charge < -0.3 is 15.4 Å². The van der Waals surface area contributed by atoms with Gasteiger partial charge >= 0.3 is 0 Å². The lowest BCUT2D eigenvalue weighted by atomic mass is 10.2. The summed E-state index contributed by atoms with van der Waals surface area (Å²) in [6.07, 6.45) is 2.90. The summed E-state index contributed by atoms with van der Waals surface area (Å²) in [6, 6.07) is 0.858. The van der Waals surface area contributed by atoms with Crippen molar-refractivity contribution in [2.45, 2.75) is 64.4 Å². The van der Waals surface area contributed by atoms with E-state index < -0.39 is 0 Å². The molecule has 0 spiro atoms. The molecular formula is C13H27N3O2. The Balaban J connectivity index is 0.000000771. The van der Waals surface area contributed by atoms with Crippen LogP contribution >= 0.6 is 0 Å². The van der Waals surface area contributed by atoms with E-state index in [1.165, 1.54) is 0 Å². The summed E-state index contributed by atoms with van der Waals surface area (Å²) in [5.41, 5.74) is 0. The number of nitrogens with one attached hydrogen (secondary N) is 3. The number of amides is 1. The lowest BCUT2D eigenvalue weighted by Crippen LogP contribution is -2.42. The first-order chi connectivity index (χ1) is 8.69. The Morgan fingerprint density at radius 2 is 1.94 bits per heavy atom. The van der Waals surface area contributed by atoms with E-state index in [-0.39, 0.29) is 18.2 Å². The van der Waals surface area contributed by atoms with Gasteiger partial charge in [-0.05, 0) is 33.2 Å². The van der Waals surface area contributed by atoms with E-state index in [0.29, 0.717) is 18.6 Å². The highest BCUT2D eigenvalue weighted by atomic mass is 16.5. The fourth-order valence-electron chi connectivity index (χ4n) is 2.44. The van der Waals surface area contributed by atoms with E-state index in [0.717, 1.165) is 19.3 Å². The van der Waals surface area contributed by atoms with Gasteiger partial charge in [-0.3, -0.25) is 10.1 Å². The maximum absolute atomic E-state index is 11.8. The van der Waals surface area contributed by atoms with Crippen LogP contribution in [-0.4, -0.2) is 43.9 Å². The predicted molar refractivity (Wildman–Crippen MR) is 72.3 cm³/mol. The van der Waals surface area contributed by atoms with Crippen molar-refractivity contribution in [3.8, 4) is 0 Å². The number of rotatable bonds is 3. The molecule has 3 N–H and O–H groups in total. The average Bonchev–Trinajstić information content (AvgIpc) is 3.00. The first-order valence-electron chi connectivity index (χ1n) is 7.05. The molecule has 1 saturated carbocycles. The third kappa shape index (κ3) is 4.23. The Kier molecular flexibility index (Phi) is 6.60. The molecule has 4 atom stereocenters. The van der Waals surface area contributed by atoms with Crippen molar-refractivity contribution in [1.82, 2.24) is 16.0 Å². The molecule has 18 heavy (non-hydrogen) atoms. The lowest BCUT2D eigenvalue weighted by Gasteiger charge is -2.16. The minimum Gasteiger partial charge on any atom is -0.351 e. The topological polar surface area (TPSA) is 62.4 Å². The van der Waals surface area contributed by atoms with Gasteiger partial charge in [0.15, 0.2) is 6.10 Å². The normalized spacial score (nSPS) is 34.9. The molecule has 1 saturated heterocycles. The van der Waals surface area contributed by atoms with Crippen molar-refractivity contribution in [2.75, 3.05) is 13.6 Å². The van der Waals surface area contributed by atoms with Crippen LogP contribution in [0.1, 0.15) is 40.0 Å². The van der Waals surface area contributed by atoms with Crippen LogP contribution in [0.2, 0.25) is 0 Å². The molecule has 0 aromatic rings. The maximum atomic E-state index is 11.8. The molecule has 1 aliphatic carbocycles. The van der Waals surface area contributed by atoms with E-state index in [1.54, 1.807) is 0 Å². The van der Waals surface area contributed by atoms with E-state index in [9.17, 15) is 4.79 Å². The van der Waals surface area contributed by atoms with Gasteiger partial charge in [0.2, 0.25) is 0 Å². The average molecular weight is 257 g/mol. The van der Waals surface area contributed by atoms with Gasteiger partial charge in [-0.25, -0.2) is 0 Å². The van der Waals surface area contributed by atoms with Crippen LogP contribution in [0.3, 0.4) is 0 Å². The van der Waals surface area contributed by atoms with Gasteiger partial charge in [0.25, 0.3) is 5.91 Å². The zero-order valence-electron chi connectivity index (χ0n) is 12.0. The molecule has 4 unspecified atom stereocenters. The molecule has 2 fully saturated rings. The lowest BCUT2D eigenvalue weighted by molar-refractivity contribution is -0.131. The predicted octanol–water partition coefficient (Wildman–Crippen LogP) is 0.604. The molecule has 1 heterocycles. The zero-order valence-corrected chi connectivity index (χ0v) is 12.0. The number of hydrogen-bond donors (Lipinski definition) is 3. The Morgan fingerprint density at radius 1 is 1.28 bits per heavy atom. The summed E-state index contributed by atoms with van der Waals surface area (Å²) in [6.45, 7) is 6.54. The summed E-state index contributed by atoms with van der Waals surface area (Å²) >= 11 is 0. The van der Waals surface area contributed by atoms with Crippen molar-refractivity contribution in [1.29, 1.82) is 0 Å². The third-order valence-electron chi connectivity index (χ3n) is 3.44. The van der Waals surface area contributed by atoms with Crippen molar-refractivity contribution in [3.63, 3.8) is 0 Å². The molecule has 0 radical (unpaired) electrons. The minimum atomic E-state index is -0.316. The number of carbonyl (C=O) groups is 1. The van der Waals surface area contributed by atoms with E-state index >= 15 is 0 Å². The van der Waals surface area contributed by atoms with Crippen LogP contribution in [0, 0.1) is 0 Å². The van der Waals surface area contributed by atoms with Gasteiger partial charge in [-0.2, -0.15) is 0 Å². The molecule has 0 bridgehead atoms. The van der Waals surface area contributed by atoms with Crippen molar-refractivity contribution < 1.29 is 9.53 Å². The van der Waals surface area contributed by atoms with Crippen LogP contribution in [0.5, 0.6) is 0 Å². The number of hydrogen-bond acceptors (Lipinski definition) is 4. The fourth-order valence-corrected chi connectivity index (χ4v) is 2.44. The van der Waals surface area contributed by atoms with E-state index in [2.05, 4.69) is 16.0 Å². The van der Waals surface area contributed by atoms with Gasteiger partial charge in [-0.1, -0.05) is 13.8 Å². The number of ether oxygens (including phenoxy) is 1. The second-order valence-corrected chi connectivity index (χ2v) is 4.68. The van der Waals surface area contributed by atoms with E-state index in [1.807, 2.05) is 27.8 Å². The summed E-state index contributed by atoms with van der Waals surface area (Å²) in [4.78, 5) is 11.8. The second kappa shape index (κ2) is 7.71. The van der Waals surface area contributed by atoms with Gasteiger partial charge in [0.1, 0.15) is 6.23 Å². The smallest absolute Gasteiger partial charge is 0.250 e. The summed E-state index contributed by atoms with van der Waals surface area (Å²) in [5, 5.41) is 9.41. The molecule has 1 amide bonds. The van der Waals surface area contributed by atoms with Crippen molar-refractivity contribution >= 4 is 5.91 Å². The van der Waals surface area contributed by atoms with Crippen LogP contribution < -0.4 is 16.0 Å². The molecule has 0 aromatic carbocycles. The second-order valence-electron chi connectivity index (χ2n) is 4.68. The number of carbonyl (C=O) groups excluding carboxylic acids is 1. The van der Waals surface area contributed by atoms with Crippen LogP contribution in [0.4, 0.5) is 0 Å². The Morgan fingerprint density at radius 3 is 2.44 bits per heavy atom. The molecule has 1 aliphatic heterocycles. The fraction of sp³-hybridized carbons (Fsp3) is 0.923. The highest BCUT2D eigenvalue weighted by molar-refractivity contribution is 5.81. The quantitative estimate of drug-likeness (QED) is 0.693. The Hall–Kier alpha value is -0.650. The molecule has 2 rings (SSSR count). The van der Waals surface area contributed by atoms with Crippen molar-refractivity contribution in [2.24, 2.45) is 0 Å². The van der Waals surface area contributed by atoms with Gasteiger partial charge in [-0.15, -0.1) is 0 Å². The summed E-state index contributed by atoms with van der Waals surface area (Å²) < 4.78 is 5.45. The maximum Gasteiger partial charge on any atom is 0.250 e. The summed E-state index contributed by atoms with van der Waals surface area (Å²) in [5.74, 6) is 0.0265.